The second-order valence-electron chi connectivity index (χ2n) is 4.67. The first-order chi connectivity index (χ1) is 8.97. The van der Waals surface area contributed by atoms with Gasteiger partial charge in [-0.15, -0.1) is 0 Å². The zero-order valence-corrected chi connectivity index (χ0v) is 11.3. The molecule has 0 aliphatic heterocycles. The Morgan fingerprint density at radius 2 is 1.89 bits per heavy atom. The van der Waals surface area contributed by atoms with Crippen molar-refractivity contribution in [2.45, 2.75) is 20.4 Å². The molecule has 0 aliphatic carbocycles. The lowest BCUT2D eigenvalue weighted by molar-refractivity contribution is 0.707. The summed E-state index contributed by atoms with van der Waals surface area (Å²) in [6.45, 7) is 4.75. The number of aryl methyl sites for hydroxylation is 3. The van der Waals surface area contributed by atoms with Gasteiger partial charge in [0.1, 0.15) is 0 Å². The summed E-state index contributed by atoms with van der Waals surface area (Å²) in [5, 5.41) is 0. The summed E-state index contributed by atoms with van der Waals surface area (Å²) < 4.78 is 6.27. The largest absolute Gasteiger partial charge is 0.332 e. The quantitative estimate of drug-likeness (QED) is 0.620. The van der Waals surface area contributed by atoms with Crippen LogP contribution in [0.4, 0.5) is 0 Å². The molecule has 7 nitrogen and oxygen atoms in total. The van der Waals surface area contributed by atoms with Crippen molar-refractivity contribution in [2.24, 2.45) is 14.1 Å². The van der Waals surface area contributed by atoms with Gasteiger partial charge in [0.15, 0.2) is 11.2 Å². The van der Waals surface area contributed by atoms with E-state index in [-0.39, 0.29) is 11.2 Å². The molecular weight excluding hydrogens is 246 g/mol. The second-order valence-corrected chi connectivity index (χ2v) is 4.67. The third kappa shape index (κ3) is 1.29. The number of hydrogen-bond acceptors (Lipinski definition) is 3. The van der Waals surface area contributed by atoms with Gasteiger partial charge in [-0.05, 0) is 13.8 Å². The Morgan fingerprint density at radius 1 is 1.21 bits per heavy atom. The highest BCUT2D eigenvalue weighted by atomic mass is 16.2. The smallest absolute Gasteiger partial charge is 0.314 e. The maximum Gasteiger partial charge on any atom is 0.332 e. The van der Waals surface area contributed by atoms with Crippen molar-refractivity contribution < 1.29 is 0 Å². The average Bonchev–Trinajstić information content (AvgIpc) is 2.88. The fourth-order valence-corrected chi connectivity index (χ4v) is 2.52. The van der Waals surface area contributed by atoms with Gasteiger partial charge in [-0.3, -0.25) is 18.3 Å². The molecule has 3 heterocycles. The van der Waals surface area contributed by atoms with E-state index in [1.807, 2.05) is 24.6 Å². The van der Waals surface area contributed by atoms with Gasteiger partial charge in [-0.2, -0.15) is 4.98 Å². The Hall–Kier alpha value is -2.31. The topological polar surface area (TPSA) is 66.2 Å². The predicted octanol–water partition coefficient (Wildman–Crippen LogP) is 0.0147. The van der Waals surface area contributed by atoms with Crippen LogP contribution < -0.4 is 11.2 Å². The van der Waals surface area contributed by atoms with E-state index in [1.165, 1.54) is 11.6 Å². The van der Waals surface area contributed by atoms with Gasteiger partial charge in [0.05, 0.1) is 0 Å². The number of hydrogen-bond donors (Lipinski definition) is 0. The van der Waals surface area contributed by atoms with Crippen molar-refractivity contribution in [3.63, 3.8) is 0 Å². The number of fused-ring (bicyclic) bond motifs is 3. The summed E-state index contributed by atoms with van der Waals surface area (Å²) in [6, 6.07) is 0. The molecule has 0 aromatic carbocycles. The molecule has 0 fully saturated rings. The van der Waals surface area contributed by atoms with Crippen molar-refractivity contribution in [2.75, 3.05) is 0 Å². The van der Waals surface area contributed by atoms with Crippen LogP contribution in [-0.4, -0.2) is 23.1 Å². The van der Waals surface area contributed by atoms with Gasteiger partial charge in [0, 0.05) is 32.5 Å². The Balaban J connectivity index is 2.68. The van der Waals surface area contributed by atoms with Gasteiger partial charge >= 0.3 is 5.69 Å². The van der Waals surface area contributed by atoms with Crippen molar-refractivity contribution in [1.82, 2.24) is 23.1 Å². The summed E-state index contributed by atoms with van der Waals surface area (Å²) in [5.41, 5.74) is 1.21. The first-order valence-corrected chi connectivity index (χ1v) is 6.11. The van der Waals surface area contributed by atoms with E-state index in [0.717, 1.165) is 16.8 Å². The normalized spacial score (nSPS) is 11.8. The van der Waals surface area contributed by atoms with E-state index < -0.39 is 0 Å². The third-order valence-electron chi connectivity index (χ3n) is 3.57. The van der Waals surface area contributed by atoms with E-state index in [9.17, 15) is 9.59 Å². The highest BCUT2D eigenvalue weighted by Crippen LogP contribution is 2.15. The molecule has 3 rings (SSSR count). The van der Waals surface area contributed by atoms with E-state index in [4.69, 9.17) is 0 Å². The van der Waals surface area contributed by atoms with Crippen LogP contribution in [0.1, 0.15) is 12.6 Å². The lowest BCUT2D eigenvalue weighted by atomic mass is 10.5. The summed E-state index contributed by atoms with van der Waals surface area (Å²) in [5.74, 6) is 0.688. The lowest BCUT2D eigenvalue weighted by Crippen LogP contribution is -2.37. The number of imidazole rings is 2. The first kappa shape index (κ1) is 11.8. The van der Waals surface area contributed by atoms with Crippen LogP contribution in [0.2, 0.25) is 0 Å². The molecule has 7 heteroatoms. The van der Waals surface area contributed by atoms with Crippen LogP contribution in [0.15, 0.2) is 15.8 Å². The van der Waals surface area contributed by atoms with Crippen LogP contribution >= 0.6 is 0 Å². The zero-order chi connectivity index (χ0) is 13.9. The average molecular weight is 261 g/mol. The molecule has 0 spiro atoms. The third-order valence-corrected chi connectivity index (χ3v) is 3.57. The Labute approximate surface area is 108 Å². The molecule has 0 saturated heterocycles. The highest BCUT2D eigenvalue weighted by Gasteiger charge is 2.18. The van der Waals surface area contributed by atoms with Gasteiger partial charge in [-0.25, -0.2) is 4.79 Å². The van der Waals surface area contributed by atoms with Crippen LogP contribution in [0.25, 0.3) is 16.9 Å². The van der Waals surface area contributed by atoms with E-state index in [0.29, 0.717) is 16.9 Å². The predicted molar refractivity (Wildman–Crippen MR) is 71.6 cm³/mol. The van der Waals surface area contributed by atoms with E-state index in [1.54, 1.807) is 11.4 Å². The van der Waals surface area contributed by atoms with Crippen molar-refractivity contribution in [3.05, 3.63) is 32.7 Å². The molecule has 3 aromatic rings. The summed E-state index contributed by atoms with van der Waals surface area (Å²) in [6.07, 6.45) is 1.88. The first-order valence-electron chi connectivity index (χ1n) is 6.11. The molecule has 19 heavy (non-hydrogen) atoms. The van der Waals surface area contributed by atoms with Gasteiger partial charge in [-0.1, -0.05) is 0 Å². The van der Waals surface area contributed by atoms with Crippen molar-refractivity contribution >= 4 is 16.9 Å². The molecule has 100 valence electrons. The minimum absolute atomic E-state index is 0.321. The SMILES string of the molecule is CCn1c(C)cn2c3c(=O)n(C)c(=O)n(C)c3nc12. The van der Waals surface area contributed by atoms with E-state index in [2.05, 4.69) is 4.98 Å². The molecule has 0 bridgehead atoms. The molecule has 0 aliphatic rings. The molecule has 3 aromatic heterocycles. The monoisotopic (exact) mass is 261 g/mol. The van der Waals surface area contributed by atoms with Gasteiger partial charge in [0.25, 0.3) is 5.56 Å². The summed E-state index contributed by atoms with van der Waals surface area (Å²) in [4.78, 5) is 28.6. The fraction of sp³-hybridized carbons (Fsp3) is 0.417. The van der Waals surface area contributed by atoms with Crippen molar-refractivity contribution in [1.29, 1.82) is 0 Å². The van der Waals surface area contributed by atoms with Crippen LogP contribution in [0.3, 0.4) is 0 Å². The fourth-order valence-electron chi connectivity index (χ4n) is 2.52. The molecular formula is C12H15N5O2. The highest BCUT2D eigenvalue weighted by molar-refractivity contribution is 5.75. The Morgan fingerprint density at radius 3 is 2.53 bits per heavy atom. The molecule has 0 atom stereocenters. The van der Waals surface area contributed by atoms with Crippen LogP contribution in [-0.2, 0) is 20.6 Å². The molecule has 0 radical (unpaired) electrons. The molecule has 0 unspecified atom stereocenters. The second kappa shape index (κ2) is 3.59. The Bertz CT molecular complexity index is 922. The number of nitrogens with zero attached hydrogens (tertiary/aromatic N) is 5. The van der Waals surface area contributed by atoms with Crippen LogP contribution in [0, 0.1) is 6.92 Å². The minimum Gasteiger partial charge on any atom is -0.314 e. The standard InChI is InChI=1S/C12H15N5O2/c1-5-16-7(2)6-17-8-9(13-11(16)17)14(3)12(19)15(4)10(8)18/h6H,5H2,1-4H3. The summed E-state index contributed by atoms with van der Waals surface area (Å²) >= 11 is 0. The van der Waals surface area contributed by atoms with Crippen LogP contribution in [0.5, 0.6) is 0 Å². The Kier molecular flexibility index (Phi) is 2.23. The zero-order valence-electron chi connectivity index (χ0n) is 11.3. The summed E-state index contributed by atoms with van der Waals surface area (Å²) in [7, 11) is 3.10. The maximum absolute atomic E-state index is 12.3. The lowest BCUT2D eigenvalue weighted by Gasteiger charge is -2.02. The van der Waals surface area contributed by atoms with Gasteiger partial charge in [0.2, 0.25) is 5.78 Å². The van der Waals surface area contributed by atoms with Gasteiger partial charge < -0.3 is 4.57 Å². The minimum atomic E-state index is -0.363. The maximum atomic E-state index is 12.3. The number of aromatic nitrogens is 5. The van der Waals surface area contributed by atoms with E-state index >= 15 is 0 Å². The molecule has 0 N–H and O–H groups in total. The number of rotatable bonds is 1. The van der Waals surface area contributed by atoms with Crippen molar-refractivity contribution in [3.8, 4) is 0 Å². The molecule has 0 saturated carbocycles. The molecule has 0 amide bonds.